The third-order valence-corrected chi connectivity index (χ3v) is 0.789. The summed E-state index contributed by atoms with van der Waals surface area (Å²) < 4.78 is 29.4. The average Bonchev–Trinajstić information content (AvgIpc) is 2.16. The largest absolute Gasteiger partial charge is 0.303 e. The number of allylic oxidation sites excluding steroid dienone is 4. The van der Waals surface area contributed by atoms with E-state index >= 15 is 0 Å². The van der Waals surface area contributed by atoms with Gasteiger partial charge in [0.25, 0.3) is 0 Å². The van der Waals surface area contributed by atoms with Crippen LogP contribution in [0.5, 0.6) is 0 Å². The first kappa shape index (κ1) is 4.12. The lowest BCUT2D eigenvalue weighted by Crippen LogP contribution is -1.65. The summed E-state index contributed by atoms with van der Waals surface area (Å²) in [5.74, 6) is 0. The van der Waals surface area contributed by atoms with Gasteiger partial charge in [0.15, 0.2) is 0 Å². The SMILES string of the molecule is [2H]/C(CC)=C(\[2H])C/C([2H])=C(/[2H])CC=O. The van der Waals surface area contributed by atoms with E-state index in [0.717, 1.165) is 0 Å². The van der Waals surface area contributed by atoms with Crippen LogP contribution in [0.25, 0.3) is 0 Å². The van der Waals surface area contributed by atoms with Gasteiger partial charge in [0, 0.05) is 6.42 Å². The van der Waals surface area contributed by atoms with E-state index in [1.807, 2.05) is 0 Å². The predicted octanol–water partition coefficient (Wildman–Crippen LogP) is 2.49. The van der Waals surface area contributed by atoms with Crippen LogP contribution in [0.1, 0.15) is 31.7 Å². The Morgan fingerprint density at radius 1 is 1.20 bits per heavy atom. The van der Waals surface area contributed by atoms with Crippen molar-refractivity contribution < 1.29 is 10.3 Å². The molecule has 0 saturated carbocycles. The summed E-state index contributed by atoms with van der Waals surface area (Å²) in [6, 6.07) is 0.0933. The summed E-state index contributed by atoms with van der Waals surface area (Å²) in [6.07, 6.45) is 0.893. The molecule has 0 aromatic carbocycles. The van der Waals surface area contributed by atoms with Crippen LogP contribution in [0.4, 0.5) is 0 Å². The van der Waals surface area contributed by atoms with Gasteiger partial charge in [-0.15, -0.1) is 0 Å². The van der Waals surface area contributed by atoms with Crippen molar-refractivity contribution in [3.05, 3.63) is 24.2 Å². The van der Waals surface area contributed by atoms with Crippen molar-refractivity contribution in [1.29, 1.82) is 0 Å². The lowest BCUT2D eigenvalue weighted by Gasteiger charge is -1.79. The molecule has 0 spiro atoms. The highest BCUT2D eigenvalue weighted by Gasteiger charge is 1.71. The summed E-state index contributed by atoms with van der Waals surface area (Å²) in [7, 11) is 0. The molecule has 0 aliphatic carbocycles. The van der Waals surface area contributed by atoms with Crippen LogP contribution < -0.4 is 0 Å². The zero-order valence-electron chi connectivity index (χ0n) is 10.1. The molecule has 1 nitrogen and oxygen atoms in total. The molecule has 0 heterocycles. The van der Waals surface area contributed by atoms with Gasteiger partial charge in [-0.2, -0.15) is 0 Å². The Morgan fingerprint density at radius 2 is 1.80 bits per heavy atom. The number of hydrogen-bond acceptors (Lipinski definition) is 1. The van der Waals surface area contributed by atoms with Crippen LogP contribution in [-0.2, 0) is 4.79 Å². The van der Waals surface area contributed by atoms with Crippen LogP contribution in [0.15, 0.2) is 24.2 Å². The minimum absolute atomic E-state index is 0.0284. The Labute approximate surface area is 68.1 Å². The lowest BCUT2D eigenvalue weighted by atomic mass is 10.3. The maximum absolute atomic E-state index is 10.1. The highest BCUT2D eigenvalue weighted by Crippen LogP contribution is 1.88. The molecule has 0 amide bonds. The molecule has 0 atom stereocenters. The first-order valence-corrected chi connectivity index (χ1v) is 3.27. The van der Waals surface area contributed by atoms with Crippen molar-refractivity contribution in [2.24, 2.45) is 0 Å². The number of carbonyl (C=O) groups is 1. The van der Waals surface area contributed by atoms with Crippen molar-refractivity contribution in [3.63, 3.8) is 0 Å². The molecular weight excluding hydrogens is 124 g/mol. The Hall–Kier alpha value is -0.850. The summed E-state index contributed by atoms with van der Waals surface area (Å²) in [4.78, 5) is 10.1. The summed E-state index contributed by atoms with van der Waals surface area (Å²) in [6.45, 7) is 1.76. The molecule has 0 saturated heterocycles. The Bertz CT molecular complexity index is 268. The first-order valence-electron chi connectivity index (χ1n) is 5.27. The molecule has 0 rings (SSSR count). The van der Waals surface area contributed by atoms with E-state index in [4.69, 9.17) is 5.48 Å². The topological polar surface area (TPSA) is 17.1 Å². The van der Waals surface area contributed by atoms with Crippen molar-refractivity contribution >= 4 is 6.29 Å². The standard InChI is InChI=1S/C9H14O/c1-2-3-4-5-6-7-8-9-10/h3-4,6-7,9H,2,5,8H2,1H3/b4-3-,7-6-/i3D,4D,6D,7D. The summed E-state index contributed by atoms with van der Waals surface area (Å²) in [5.41, 5.74) is 0. The number of rotatable bonds is 5. The molecule has 0 aliphatic heterocycles. The smallest absolute Gasteiger partial charge is 0.123 e. The van der Waals surface area contributed by atoms with Crippen LogP contribution in [0, 0.1) is 0 Å². The third kappa shape index (κ3) is 7.15. The van der Waals surface area contributed by atoms with Gasteiger partial charge in [-0.25, -0.2) is 0 Å². The first-order chi connectivity index (χ1) is 6.52. The van der Waals surface area contributed by atoms with E-state index < -0.39 is 0 Å². The Balaban J connectivity index is 4.52. The van der Waals surface area contributed by atoms with Gasteiger partial charge in [-0.05, 0) is 12.8 Å². The quantitative estimate of drug-likeness (QED) is 0.426. The third-order valence-electron chi connectivity index (χ3n) is 0.789. The highest BCUT2D eigenvalue weighted by molar-refractivity contribution is 5.51. The van der Waals surface area contributed by atoms with E-state index in [1.54, 1.807) is 6.92 Å². The molecule has 0 N–H and O–H groups in total. The Morgan fingerprint density at radius 3 is 2.40 bits per heavy atom. The number of carbonyl (C=O) groups excluding carboxylic acids is 1. The fraction of sp³-hybridized carbons (Fsp3) is 0.444. The fourth-order valence-corrected chi connectivity index (χ4v) is 0.408. The zero-order chi connectivity index (χ0) is 11.1. The molecule has 0 aromatic rings. The van der Waals surface area contributed by atoms with Crippen LogP contribution in [-0.4, -0.2) is 6.29 Å². The molecule has 0 bridgehead atoms. The molecule has 0 aliphatic rings. The number of hydrogen-bond donors (Lipinski definition) is 0. The monoisotopic (exact) mass is 142 g/mol. The maximum atomic E-state index is 10.1. The molecule has 1 heteroatoms. The Kier molecular flexibility index (Phi) is 3.36. The summed E-state index contributed by atoms with van der Waals surface area (Å²) >= 11 is 0. The molecular formula is C9H14O. The normalized spacial score (nSPS) is 20.9. The van der Waals surface area contributed by atoms with Gasteiger partial charge in [0.2, 0.25) is 0 Å². The lowest BCUT2D eigenvalue weighted by molar-refractivity contribution is -0.107. The minimum Gasteiger partial charge on any atom is -0.303 e. The van der Waals surface area contributed by atoms with Crippen molar-refractivity contribution in [1.82, 2.24) is 0 Å². The second-order valence-corrected chi connectivity index (χ2v) is 1.61. The van der Waals surface area contributed by atoms with E-state index in [2.05, 4.69) is 0 Å². The highest BCUT2D eigenvalue weighted by atomic mass is 16.1. The van der Waals surface area contributed by atoms with Gasteiger partial charge in [-0.1, -0.05) is 31.1 Å². The second kappa shape index (κ2) is 8.15. The van der Waals surface area contributed by atoms with Gasteiger partial charge >= 0.3 is 0 Å². The molecule has 0 unspecified atom stereocenters. The van der Waals surface area contributed by atoms with E-state index in [9.17, 15) is 4.79 Å². The van der Waals surface area contributed by atoms with Gasteiger partial charge in [0.05, 0.1) is 5.48 Å². The van der Waals surface area contributed by atoms with Gasteiger partial charge in [-0.3, -0.25) is 0 Å². The second-order valence-electron chi connectivity index (χ2n) is 1.61. The molecule has 0 fully saturated rings. The van der Waals surface area contributed by atoms with Crippen molar-refractivity contribution in [2.75, 3.05) is 0 Å². The fourth-order valence-electron chi connectivity index (χ4n) is 0.408. The van der Waals surface area contributed by atoms with Gasteiger partial charge < -0.3 is 4.79 Å². The van der Waals surface area contributed by atoms with E-state index in [-0.39, 0.29) is 37.0 Å². The van der Waals surface area contributed by atoms with Crippen LogP contribution in [0.2, 0.25) is 0 Å². The van der Waals surface area contributed by atoms with Crippen LogP contribution in [0.3, 0.4) is 0 Å². The van der Waals surface area contributed by atoms with E-state index in [0.29, 0.717) is 12.7 Å². The minimum atomic E-state index is -0.0917. The van der Waals surface area contributed by atoms with E-state index in [1.165, 1.54) is 0 Å². The molecule has 0 radical (unpaired) electrons. The molecule has 10 heavy (non-hydrogen) atoms. The summed E-state index contributed by atoms with van der Waals surface area (Å²) in [5, 5.41) is 0. The van der Waals surface area contributed by atoms with Gasteiger partial charge in [0.1, 0.15) is 6.29 Å². The van der Waals surface area contributed by atoms with Crippen molar-refractivity contribution in [3.8, 4) is 0 Å². The zero-order valence-corrected chi connectivity index (χ0v) is 6.11. The maximum Gasteiger partial charge on any atom is 0.123 e. The predicted molar refractivity (Wildman–Crippen MR) is 43.9 cm³/mol. The molecule has 56 valence electrons. The average molecular weight is 142 g/mol. The number of aldehydes is 1. The molecule has 0 aromatic heterocycles. The van der Waals surface area contributed by atoms with Crippen LogP contribution >= 0.6 is 0 Å². The van der Waals surface area contributed by atoms with Crippen molar-refractivity contribution in [2.45, 2.75) is 26.2 Å².